The molecule has 10 bridgehead atoms. The monoisotopic (exact) mass is 891 g/mol. The number of amides is 1. The molecule has 60 heavy (non-hydrogen) atoms. The highest BCUT2D eigenvalue weighted by Gasteiger charge is 2.62. The molecule has 0 saturated carbocycles. The molecule has 310 valence electrons. The third-order valence-corrected chi connectivity index (χ3v) is 13.5. The number of phosphoric acid groups is 1. The first kappa shape index (κ1) is 39.5. The lowest BCUT2D eigenvalue weighted by molar-refractivity contribution is -0.134. The Kier molecular flexibility index (Phi) is 8.99. The zero-order chi connectivity index (χ0) is 42.3. The van der Waals surface area contributed by atoms with Gasteiger partial charge in [-0.25, -0.2) is 9.55 Å². The summed E-state index contributed by atoms with van der Waals surface area (Å²) in [7, 11) is -3.19. The molecule has 4 N–H and O–H groups in total. The lowest BCUT2D eigenvalue weighted by Gasteiger charge is -2.29. The van der Waals surface area contributed by atoms with E-state index in [-0.39, 0.29) is 47.1 Å². The van der Waals surface area contributed by atoms with Crippen molar-refractivity contribution in [1.82, 2.24) is 19.9 Å². The number of Topliss-reactive ketones (excluding diaryl/α,β-unsaturated/α-hetero) is 1. The Hall–Kier alpha value is -4.66. The van der Waals surface area contributed by atoms with Crippen molar-refractivity contribution in [3.8, 4) is 39.8 Å². The van der Waals surface area contributed by atoms with Crippen molar-refractivity contribution >= 4 is 70.9 Å². The van der Waals surface area contributed by atoms with Gasteiger partial charge in [-0.2, -0.15) is 4.98 Å². The minimum Gasteiger partial charge on any atom is -0.469 e. The average Bonchev–Trinajstić information content (AvgIpc) is 3.98. The molecule has 0 fully saturated rings. The smallest absolute Gasteiger partial charge is 0.469 e. The summed E-state index contributed by atoms with van der Waals surface area (Å²) in [5.41, 5.74) is 4.59. The molecular formula is C42H37Cl3N5O9P. The van der Waals surface area contributed by atoms with Gasteiger partial charge in [-0.3, -0.25) is 14.1 Å². The first-order chi connectivity index (χ1) is 28.5. The highest BCUT2D eigenvalue weighted by Crippen LogP contribution is 2.62. The number of aromatic nitrogens is 3. The Labute approximate surface area is 357 Å². The first-order valence-corrected chi connectivity index (χ1v) is 22.1. The van der Waals surface area contributed by atoms with E-state index in [4.69, 9.17) is 62.9 Å². The largest absolute Gasteiger partial charge is 0.470 e. The van der Waals surface area contributed by atoms with E-state index in [1.165, 1.54) is 0 Å². The summed E-state index contributed by atoms with van der Waals surface area (Å²) < 4.78 is 39.2. The molecule has 4 aliphatic rings. The van der Waals surface area contributed by atoms with Crippen molar-refractivity contribution in [2.75, 3.05) is 5.32 Å². The number of ether oxygens (including phenoxy) is 1. The fraction of sp³-hybridized carbons (Fsp3) is 0.333. The number of carbonyl (C=O) groups is 2. The van der Waals surface area contributed by atoms with Crippen LogP contribution in [0.5, 0.6) is 5.75 Å². The molecule has 1 amide bonds. The quantitative estimate of drug-likeness (QED) is 0.111. The molecule has 5 unspecified atom stereocenters. The third-order valence-electron chi connectivity index (χ3n) is 12.1. The number of anilines is 1. The van der Waals surface area contributed by atoms with Crippen molar-refractivity contribution in [3.05, 3.63) is 92.2 Å². The van der Waals surface area contributed by atoms with Gasteiger partial charge in [0.05, 0.1) is 11.1 Å². The Bertz CT molecular complexity index is 2900. The van der Waals surface area contributed by atoms with Crippen LogP contribution in [0, 0.1) is 17.8 Å². The van der Waals surface area contributed by atoms with Crippen LogP contribution in [-0.4, -0.2) is 48.3 Å². The van der Waals surface area contributed by atoms with Crippen LogP contribution in [0.1, 0.15) is 68.5 Å². The summed E-state index contributed by atoms with van der Waals surface area (Å²) in [4.78, 5) is 57.4. The zero-order valence-electron chi connectivity index (χ0n) is 32.7. The van der Waals surface area contributed by atoms with E-state index in [9.17, 15) is 23.9 Å². The van der Waals surface area contributed by atoms with Crippen molar-refractivity contribution in [1.29, 1.82) is 0 Å². The highest BCUT2D eigenvalue weighted by molar-refractivity contribution is 7.46. The van der Waals surface area contributed by atoms with Gasteiger partial charge in [0.2, 0.25) is 11.8 Å². The van der Waals surface area contributed by atoms with Crippen molar-refractivity contribution in [3.63, 3.8) is 0 Å². The summed E-state index contributed by atoms with van der Waals surface area (Å²) in [6.07, 6.45) is -2.57. The van der Waals surface area contributed by atoms with E-state index in [0.29, 0.717) is 38.4 Å². The normalized spacial score (nSPS) is 21.6. The molecule has 6 aromatic rings. The van der Waals surface area contributed by atoms with Gasteiger partial charge in [-0.1, -0.05) is 86.8 Å². The summed E-state index contributed by atoms with van der Waals surface area (Å²) in [5.74, 6) is -1.80. The number of oxazole rings is 2. The van der Waals surface area contributed by atoms with E-state index >= 15 is 0 Å². The van der Waals surface area contributed by atoms with Gasteiger partial charge in [0, 0.05) is 52.2 Å². The maximum Gasteiger partial charge on any atom is 0.470 e. The topological polar surface area (TPSA) is 191 Å². The summed E-state index contributed by atoms with van der Waals surface area (Å²) in [6, 6.07) is 14.4. The molecule has 0 aliphatic carbocycles. The number of nitrogens with one attached hydrogen (secondary N) is 2. The van der Waals surface area contributed by atoms with E-state index in [1.807, 2.05) is 74.0 Å². The maximum absolute atomic E-state index is 14.5. The van der Waals surface area contributed by atoms with Gasteiger partial charge in [0.25, 0.3) is 5.89 Å². The lowest BCUT2D eigenvalue weighted by Crippen LogP contribution is -2.41. The molecule has 5 atom stereocenters. The van der Waals surface area contributed by atoms with Crippen LogP contribution in [0.3, 0.4) is 0 Å². The van der Waals surface area contributed by atoms with E-state index < -0.39 is 55.1 Å². The molecular weight excluding hydrogens is 856 g/mol. The summed E-state index contributed by atoms with van der Waals surface area (Å²) in [5, 5.41) is 8.40. The lowest BCUT2D eigenvalue weighted by atomic mass is 9.72. The second-order valence-electron chi connectivity index (χ2n) is 16.5. The second kappa shape index (κ2) is 13.7. The number of hydrogen-bond acceptors (Lipinski definition) is 10. The number of hydrogen-bond donors (Lipinski definition) is 4. The van der Waals surface area contributed by atoms with Crippen LogP contribution in [-0.2, 0) is 37.6 Å². The van der Waals surface area contributed by atoms with Crippen LogP contribution in [0.15, 0.2) is 57.4 Å². The standard InChI is InChI=1S/C42H37Cl3N5O9P/c1-16(2)30-39-47-32-35(58-39)42-23-12-18(11-19(38(52)46-30)13-26(51)33(17(3)4)59-60(53,54)55)9-10-27(23)56-41(42)48-31-22(14-20(43)15-24(31)42)21-7-6-8-25-28(21)29(37(45)50(25)5)34-36(44)49-40(32)57-34/h6-10,12,14-17,19,30,33,41,48H,11,13H2,1-5H3,(H,46,52)(H2,53,54,55). The number of halogens is 3. The summed E-state index contributed by atoms with van der Waals surface area (Å²) in [6.45, 7) is 7.02. The van der Waals surface area contributed by atoms with Gasteiger partial charge < -0.3 is 38.6 Å². The Morgan fingerprint density at radius 1 is 1.03 bits per heavy atom. The molecule has 18 heteroatoms. The number of aryl methyl sites for hydroxylation is 1. The molecule has 14 nitrogen and oxygen atoms in total. The number of carbonyl (C=O) groups excluding carboxylic acids is 2. The SMILES string of the molecule is CC(C)C(OP(=O)(O)O)C(=O)CC1Cc2ccc3c(c2)C24c5cc(Cl)cc(c5NC2O3)-c2cccc3c2c(c(Cl)n3C)-c2oc(nc2Cl)-c2nc(oc24)C(C(C)C)NC1=O. The first-order valence-electron chi connectivity index (χ1n) is 19.4. The van der Waals surface area contributed by atoms with E-state index in [1.54, 1.807) is 13.8 Å². The van der Waals surface area contributed by atoms with Crippen LogP contribution in [0.25, 0.3) is 44.9 Å². The van der Waals surface area contributed by atoms with Crippen molar-refractivity contribution in [2.45, 2.75) is 64.3 Å². The predicted octanol–water partition coefficient (Wildman–Crippen LogP) is 8.99. The van der Waals surface area contributed by atoms with Crippen molar-refractivity contribution in [2.24, 2.45) is 24.8 Å². The van der Waals surface area contributed by atoms with Gasteiger partial charge in [-0.05, 0) is 53.6 Å². The van der Waals surface area contributed by atoms with Gasteiger partial charge in [0.15, 0.2) is 34.4 Å². The Balaban J connectivity index is 1.26. The third kappa shape index (κ3) is 5.76. The molecule has 0 saturated heterocycles. The van der Waals surface area contributed by atoms with Crippen LogP contribution >= 0.6 is 42.6 Å². The minimum atomic E-state index is -5.04. The molecule has 1 spiro atoms. The number of fused-ring (bicyclic) bond motifs is 7. The van der Waals surface area contributed by atoms with Gasteiger partial charge in [0.1, 0.15) is 28.5 Å². The molecule has 4 aliphatic heterocycles. The number of nitrogens with zero attached hydrogens (tertiary/aromatic N) is 3. The molecule has 3 aromatic carbocycles. The van der Waals surface area contributed by atoms with E-state index in [2.05, 4.69) is 10.6 Å². The van der Waals surface area contributed by atoms with Crippen molar-refractivity contribution < 1.29 is 42.0 Å². The van der Waals surface area contributed by atoms with Crippen LogP contribution in [0.2, 0.25) is 15.3 Å². The molecule has 7 heterocycles. The van der Waals surface area contributed by atoms with Gasteiger partial charge in [-0.15, -0.1) is 0 Å². The van der Waals surface area contributed by atoms with Gasteiger partial charge >= 0.3 is 7.82 Å². The molecule has 0 radical (unpaired) electrons. The predicted molar refractivity (Wildman–Crippen MR) is 223 cm³/mol. The van der Waals surface area contributed by atoms with E-state index in [0.717, 1.165) is 33.3 Å². The Morgan fingerprint density at radius 2 is 1.82 bits per heavy atom. The average molecular weight is 893 g/mol. The minimum absolute atomic E-state index is 0.0384. The number of benzene rings is 3. The number of phosphoric ester groups is 1. The van der Waals surface area contributed by atoms with Crippen LogP contribution < -0.4 is 15.4 Å². The summed E-state index contributed by atoms with van der Waals surface area (Å²) >= 11 is 21.3. The maximum atomic E-state index is 14.5. The highest BCUT2D eigenvalue weighted by atomic mass is 35.5. The Morgan fingerprint density at radius 3 is 2.55 bits per heavy atom. The molecule has 10 rings (SSSR count). The second-order valence-corrected chi connectivity index (χ2v) is 18.9. The number of ketones is 1. The van der Waals surface area contributed by atoms with Crippen LogP contribution in [0.4, 0.5) is 5.69 Å². The fourth-order valence-corrected chi connectivity index (χ4v) is 10.7. The number of rotatable bonds is 7. The fourth-order valence-electron chi connectivity index (χ4n) is 9.39. The molecule has 3 aromatic heterocycles. The zero-order valence-corrected chi connectivity index (χ0v) is 35.8.